The normalized spacial score (nSPS) is 11.0. The lowest BCUT2D eigenvalue weighted by molar-refractivity contribution is 1.00. The maximum absolute atomic E-state index is 6.06. The highest BCUT2D eigenvalue weighted by Gasteiger charge is 2.14. The van der Waals surface area contributed by atoms with Gasteiger partial charge in [0.15, 0.2) is 5.15 Å². The summed E-state index contributed by atoms with van der Waals surface area (Å²) in [6.07, 6.45) is 0. The van der Waals surface area contributed by atoms with Crippen LogP contribution in [0.3, 0.4) is 0 Å². The number of hydrogen-bond acceptors (Lipinski definition) is 2. The van der Waals surface area contributed by atoms with Crippen LogP contribution in [0.15, 0.2) is 36.4 Å². The summed E-state index contributed by atoms with van der Waals surface area (Å²) in [5.41, 5.74) is 5.34. The van der Waals surface area contributed by atoms with Gasteiger partial charge in [-0.3, -0.25) is 0 Å². The molecule has 2 nitrogen and oxygen atoms in total. The summed E-state index contributed by atoms with van der Waals surface area (Å²) in [6.45, 7) is 6.13. The predicted molar refractivity (Wildman–Crippen MR) is 84.2 cm³/mol. The molecule has 0 saturated carbocycles. The van der Waals surface area contributed by atoms with Gasteiger partial charge in [-0.05, 0) is 48.2 Å². The molecule has 0 saturated heterocycles. The van der Waals surface area contributed by atoms with Gasteiger partial charge in [0, 0.05) is 5.56 Å². The molecule has 0 spiro atoms. The van der Waals surface area contributed by atoms with Crippen molar-refractivity contribution in [3.8, 4) is 11.3 Å². The van der Waals surface area contributed by atoms with Gasteiger partial charge in [0.05, 0.1) is 5.69 Å². The first-order chi connectivity index (χ1) is 9.59. The smallest absolute Gasteiger partial charge is 0.149 e. The van der Waals surface area contributed by atoms with E-state index in [-0.39, 0.29) is 0 Å². The van der Waals surface area contributed by atoms with Crippen LogP contribution in [0.25, 0.3) is 22.0 Å². The molecular formula is C17H15ClN2. The number of benzene rings is 2. The third-order valence-electron chi connectivity index (χ3n) is 3.84. The first-order valence-corrected chi connectivity index (χ1v) is 6.95. The molecule has 20 heavy (non-hydrogen) atoms. The fraction of sp³-hybridized carbons (Fsp3) is 0.176. The summed E-state index contributed by atoms with van der Waals surface area (Å²) in [5, 5.41) is 11.3. The lowest BCUT2D eigenvalue weighted by Crippen LogP contribution is -1.98. The third-order valence-corrected chi connectivity index (χ3v) is 4.20. The second-order valence-electron chi connectivity index (χ2n) is 5.07. The minimum absolute atomic E-state index is 0.476. The number of nitrogens with zero attached hydrogens (tertiary/aromatic N) is 2. The summed E-state index contributed by atoms with van der Waals surface area (Å²) < 4.78 is 0. The molecule has 0 unspecified atom stereocenters. The van der Waals surface area contributed by atoms with Crippen LogP contribution in [0.5, 0.6) is 0 Å². The number of aryl methyl sites for hydroxylation is 1. The van der Waals surface area contributed by atoms with Crippen molar-refractivity contribution in [1.82, 2.24) is 10.2 Å². The van der Waals surface area contributed by atoms with Gasteiger partial charge in [-0.15, -0.1) is 10.2 Å². The van der Waals surface area contributed by atoms with E-state index in [0.717, 1.165) is 22.4 Å². The van der Waals surface area contributed by atoms with Crippen molar-refractivity contribution < 1.29 is 0 Å². The minimum Gasteiger partial charge on any atom is -0.149 e. The van der Waals surface area contributed by atoms with E-state index in [0.29, 0.717) is 5.15 Å². The highest BCUT2D eigenvalue weighted by molar-refractivity contribution is 6.30. The minimum atomic E-state index is 0.476. The van der Waals surface area contributed by atoms with Crippen molar-refractivity contribution in [2.75, 3.05) is 0 Å². The lowest BCUT2D eigenvalue weighted by Gasteiger charge is -2.13. The second kappa shape index (κ2) is 4.88. The average molecular weight is 283 g/mol. The number of halogens is 1. The Labute approximate surface area is 123 Å². The van der Waals surface area contributed by atoms with Gasteiger partial charge in [0.1, 0.15) is 0 Å². The fourth-order valence-corrected chi connectivity index (χ4v) is 2.69. The molecule has 0 N–H and O–H groups in total. The predicted octanol–water partition coefficient (Wildman–Crippen LogP) is 4.88. The van der Waals surface area contributed by atoms with Crippen molar-refractivity contribution >= 4 is 22.4 Å². The molecule has 0 atom stereocenters. The van der Waals surface area contributed by atoms with Gasteiger partial charge >= 0.3 is 0 Å². The standard InChI is InChI=1S/C17H15ClN2/c1-10-8-9-13-6-4-5-7-14(13)15(10)16-11(2)12(3)17(18)20-19-16/h4-9H,1-3H3. The van der Waals surface area contributed by atoms with Crippen molar-refractivity contribution in [2.45, 2.75) is 20.8 Å². The first kappa shape index (κ1) is 13.1. The van der Waals surface area contributed by atoms with E-state index in [9.17, 15) is 0 Å². The Morgan fingerprint density at radius 2 is 1.60 bits per heavy atom. The molecule has 100 valence electrons. The Bertz CT molecular complexity index is 809. The van der Waals surface area contributed by atoms with Gasteiger partial charge in [-0.1, -0.05) is 48.0 Å². The van der Waals surface area contributed by atoms with E-state index in [2.05, 4.69) is 47.5 Å². The number of aromatic nitrogens is 2. The largest absolute Gasteiger partial charge is 0.154 e. The van der Waals surface area contributed by atoms with E-state index in [1.807, 2.05) is 19.9 Å². The van der Waals surface area contributed by atoms with Gasteiger partial charge in [0.25, 0.3) is 0 Å². The molecule has 1 heterocycles. The van der Waals surface area contributed by atoms with Crippen LogP contribution in [0.2, 0.25) is 5.15 Å². The summed E-state index contributed by atoms with van der Waals surface area (Å²) in [7, 11) is 0. The molecule has 0 radical (unpaired) electrons. The SMILES string of the molecule is Cc1ccc2ccccc2c1-c1nnc(Cl)c(C)c1C. The fourth-order valence-electron chi connectivity index (χ4n) is 2.51. The highest BCUT2D eigenvalue weighted by Crippen LogP contribution is 2.34. The zero-order valence-corrected chi connectivity index (χ0v) is 12.5. The summed E-state index contributed by atoms with van der Waals surface area (Å²) in [6, 6.07) is 12.6. The van der Waals surface area contributed by atoms with Gasteiger partial charge in [0.2, 0.25) is 0 Å². The molecule has 0 fully saturated rings. The molecule has 3 aromatic rings. The molecule has 0 aliphatic carbocycles. The Kier molecular flexibility index (Phi) is 3.19. The van der Waals surface area contributed by atoms with Crippen LogP contribution in [-0.2, 0) is 0 Å². The van der Waals surface area contributed by atoms with Crippen molar-refractivity contribution in [2.24, 2.45) is 0 Å². The van der Waals surface area contributed by atoms with Crippen LogP contribution in [0, 0.1) is 20.8 Å². The quantitative estimate of drug-likeness (QED) is 0.636. The number of rotatable bonds is 1. The maximum Gasteiger partial charge on any atom is 0.154 e. The highest BCUT2D eigenvalue weighted by atomic mass is 35.5. The zero-order valence-electron chi connectivity index (χ0n) is 11.7. The molecule has 2 aromatic carbocycles. The molecule has 0 bridgehead atoms. The van der Waals surface area contributed by atoms with E-state index < -0.39 is 0 Å². The topological polar surface area (TPSA) is 25.8 Å². The summed E-state index contributed by atoms with van der Waals surface area (Å²) in [5.74, 6) is 0. The average Bonchev–Trinajstić information content (AvgIpc) is 2.46. The van der Waals surface area contributed by atoms with E-state index in [4.69, 9.17) is 11.6 Å². The van der Waals surface area contributed by atoms with Gasteiger partial charge < -0.3 is 0 Å². The molecule has 0 aliphatic rings. The monoisotopic (exact) mass is 282 g/mol. The van der Waals surface area contributed by atoms with Gasteiger partial charge in [-0.25, -0.2) is 0 Å². The van der Waals surface area contributed by atoms with Crippen molar-refractivity contribution in [1.29, 1.82) is 0 Å². The van der Waals surface area contributed by atoms with Crippen LogP contribution in [0.4, 0.5) is 0 Å². The van der Waals surface area contributed by atoms with Crippen molar-refractivity contribution in [3.05, 3.63) is 58.2 Å². The Hall–Kier alpha value is -1.93. The maximum atomic E-state index is 6.06. The van der Waals surface area contributed by atoms with Crippen LogP contribution in [0.1, 0.15) is 16.7 Å². The molecular weight excluding hydrogens is 268 g/mol. The molecule has 3 rings (SSSR count). The number of hydrogen-bond donors (Lipinski definition) is 0. The molecule has 0 amide bonds. The Balaban J connectivity index is 2.41. The number of fused-ring (bicyclic) bond motifs is 1. The third kappa shape index (κ3) is 1.97. The van der Waals surface area contributed by atoms with Gasteiger partial charge in [-0.2, -0.15) is 0 Å². The van der Waals surface area contributed by atoms with Crippen molar-refractivity contribution in [3.63, 3.8) is 0 Å². The lowest BCUT2D eigenvalue weighted by atomic mass is 9.94. The molecule has 1 aromatic heterocycles. The summed E-state index contributed by atoms with van der Waals surface area (Å²) in [4.78, 5) is 0. The molecule has 0 aliphatic heterocycles. The van der Waals surface area contributed by atoms with Crippen LogP contribution in [-0.4, -0.2) is 10.2 Å². The van der Waals surface area contributed by atoms with Crippen LogP contribution >= 0.6 is 11.6 Å². The summed E-state index contributed by atoms with van der Waals surface area (Å²) >= 11 is 6.06. The molecule has 3 heteroatoms. The van der Waals surface area contributed by atoms with E-state index in [1.165, 1.54) is 16.3 Å². The van der Waals surface area contributed by atoms with Crippen LogP contribution < -0.4 is 0 Å². The zero-order chi connectivity index (χ0) is 14.3. The Morgan fingerprint density at radius 1 is 0.850 bits per heavy atom. The van der Waals surface area contributed by atoms with E-state index in [1.54, 1.807) is 0 Å². The Morgan fingerprint density at radius 3 is 2.40 bits per heavy atom. The second-order valence-corrected chi connectivity index (χ2v) is 5.43. The van der Waals surface area contributed by atoms with E-state index >= 15 is 0 Å². The first-order valence-electron chi connectivity index (χ1n) is 6.57.